The third-order valence-corrected chi connectivity index (χ3v) is 3.73. The van der Waals surface area contributed by atoms with Crippen LogP contribution in [0.3, 0.4) is 0 Å². The lowest BCUT2D eigenvalue weighted by atomic mass is 9.99. The highest BCUT2D eigenvalue weighted by molar-refractivity contribution is 5.76. The van der Waals surface area contributed by atoms with Gasteiger partial charge < -0.3 is 10.6 Å². The van der Waals surface area contributed by atoms with Crippen molar-refractivity contribution >= 4 is 5.91 Å². The summed E-state index contributed by atoms with van der Waals surface area (Å²) in [5, 5.41) is 6.58. The molecule has 2 heterocycles. The lowest BCUT2D eigenvalue weighted by molar-refractivity contribution is -0.121. The Morgan fingerprint density at radius 3 is 2.95 bits per heavy atom. The standard InChI is InChI=1S/C15H23N3O/c1-12(14-4-2-3-9-17-14)18-15(19)6-5-13-7-10-16-11-8-13/h7-8,10-12,14,17H,2-6,9H2,1H3,(H,18,19). The van der Waals surface area contributed by atoms with Crippen LogP contribution < -0.4 is 10.6 Å². The number of hydrogen-bond donors (Lipinski definition) is 2. The van der Waals surface area contributed by atoms with E-state index >= 15 is 0 Å². The maximum Gasteiger partial charge on any atom is 0.220 e. The van der Waals surface area contributed by atoms with Gasteiger partial charge in [-0.15, -0.1) is 0 Å². The molecule has 1 amide bonds. The van der Waals surface area contributed by atoms with Gasteiger partial charge in [0.15, 0.2) is 0 Å². The van der Waals surface area contributed by atoms with E-state index in [1.54, 1.807) is 12.4 Å². The second-order valence-electron chi connectivity index (χ2n) is 5.27. The Morgan fingerprint density at radius 1 is 1.47 bits per heavy atom. The molecule has 4 nitrogen and oxygen atoms in total. The molecule has 2 atom stereocenters. The van der Waals surface area contributed by atoms with Crippen LogP contribution in [0.2, 0.25) is 0 Å². The molecule has 1 saturated heterocycles. The normalized spacial score (nSPS) is 20.8. The van der Waals surface area contributed by atoms with Crippen LogP contribution in [-0.4, -0.2) is 29.5 Å². The van der Waals surface area contributed by atoms with Crippen molar-refractivity contribution in [3.05, 3.63) is 30.1 Å². The Kier molecular flexibility index (Phi) is 5.33. The molecular weight excluding hydrogens is 238 g/mol. The van der Waals surface area contributed by atoms with Crippen LogP contribution in [0.25, 0.3) is 0 Å². The van der Waals surface area contributed by atoms with E-state index in [4.69, 9.17) is 0 Å². The number of aromatic nitrogens is 1. The second-order valence-corrected chi connectivity index (χ2v) is 5.27. The molecule has 19 heavy (non-hydrogen) atoms. The predicted molar refractivity (Wildman–Crippen MR) is 75.8 cm³/mol. The first-order chi connectivity index (χ1) is 9.25. The SMILES string of the molecule is CC(NC(=O)CCc1ccncc1)C1CCCCN1. The molecule has 1 fully saturated rings. The fourth-order valence-electron chi connectivity index (χ4n) is 2.54. The van der Waals surface area contributed by atoms with Crippen molar-refractivity contribution in [1.29, 1.82) is 0 Å². The molecule has 1 aromatic rings. The monoisotopic (exact) mass is 261 g/mol. The van der Waals surface area contributed by atoms with Gasteiger partial charge in [-0.2, -0.15) is 0 Å². The van der Waals surface area contributed by atoms with E-state index in [9.17, 15) is 4.79 Å². The maximum atomic E-state index is 11.9. The minimum absolute atomic E-state index is 0.136. The molecular formula is C15H23N3O. The highest BCUT2D eigenvalue weighted by Crippen LogP contribution is 2.10. The third kappa shape index (κ3) is 4.63. The molecule has 1 aliphatic rings. The molecule has 1 aliphatic heterocycles. The first kappa shape index (κ1) is 14.0. The maximum absolute atomic E-state index is 11.9. The summed E-state index contributed by atoms with van der Waals surface area (Å²) in [6.45, 7) is 3.16. The second kappa shape index (κ2) is 7.24. The topological polar surface area (TPSA) is 54.0 Å². The van der Waals surface area contributed by atoms with Crippen molar-refractivity contribution < 1.29 is 4.79 Å². The van der Waals surface area contributed by atoms with Gasteiger partial charge >= 0.3 is 0 Å². The number of nitrogens with zero attached hydrogens (tertiary/aromatic N) is 1. The zero-order valence-electron chi connectivity index (χ0n) is 11.6. The van der Waals surface area contributed by atoms with Crippen LogP contribution in [0.4, 0.5) is 0 Å². The predicted octanol–water partition coefficient (Wildman–Crippen LogP) is 1.66. The number of nitrogens with one attached hydrogen (secondary N) is 2. The highest BCUT2D eigenvalue weighted by atomic mass is 16.1. The van der Waals surface area contributed by atoms with Crippen LogP contribution in [0, 0.1) is 0 Å². The highest BCUT2D eigenvalue weighted by Gasteiger charge is 2.20. The lowest BCUT2D eigenvalue weighted by Gasteiger charge is -2.29. The molecule has 0 spiro atoms. The average molecular weight is 261 g/mol. The Bertz CT molecular complexity index is 388. The van der Waals surface area contributed by atoms with Gasteiger partial charge in [0.25, 0.3) is 0 Å². The van der Waals surface area contributed by atoms with Crippen molar-refractivity contribution in [2.24, 2.45) is 0 Å². The molecule has 104 valence electrons. The number of aryl methyl sites for hydroxylation is 1. The smallest absolute Gasteiger partial charge is 0.220 e. The van der Waals surface area contributed by atoms with Crippen LogP contribution >= 0.6 is 0 Å². The molecule has 2 unspecified atom stereocenters. The summed E-state index contributed by atoms with van der Waals surface area (Å²) in [4.78, 5) is 15.9. The van der Waals surface area contributed by atoms with E-state index < -0.39 is 0 Å². The molecule has 0 saturated carbocycles. The third-order valence-electron chi connectivity index (χ3n) is 3.73. The van der Waals surface area contributed by atoms with Gasteiger partial charge in [0, 0.05) is 30.9 Å². The van der Waals surface area contributed by atoms with Gasteiger partial charge in [0.2, 0.25) is 5.91 Å². The fraction of sp³-hybridized carbons (Fsp3) is 0.600. The Morgan fingerprint density at radius 2 is 2.26 bits per heavy atom. The van der Waals surface area contributed by atoms with Crippen molar-refractivity contribution in [1.82, 2.24) is 15.6 Å². The number of hydrogen-bond acceptors (Lipinski definition) is 3. The van der Waals surface area contributed by atoms with E-state index in [0.717, 1.165) is 24.9 Å². The van der Waals surface area contributed by atoms with Crippen molar-refractivity contribution in [2.75, 3.05) is 6.54 Å². The van der Waals surface area contributed by atoms with E-state index in [-0.39, 0.29) is 11.9 Å². The number of rotatable bonds is 5. The number of carbonyl (C=O) groups is 1. The first-order valence-corrected chi connectivity index (χ1v) is 7.17. The molecule has 2 rings (SSSR count). The summed E-state index contributed by atoms with van der Waals surface area (Å²) in [5.74, 6) is 0.136. The quantitative estimate of drug-likeness (QED) is 0.847. The number of carbonyl (C=O) groups excluding carboxylic acids is 1. The number of pyridine rings is 1. The zero-order chi connectivity index (χ0) is 13.5. The Hall–Kier alpha value is -1.42. The van der Waals surface area contributed by atoms with Gasteiger partial charge in [0.1, 0.15) is 0 Å². The van der Waals surface area contributed by atoms with Crippen LogP contribution in [0.5, 0.6) is 0 Å². The van der Waals surface area contributed by atoms with Gasteiger partial charge in [-0.3, -0.25) is 9.78 Å². The molecule has 1 aromatic heterocycles. The minimum Gasteiger partial charge on any atom is -0.352 e. The van der Waals surface area contributed by atoms with Crippen molar-refractivity contribution in [3.63, 3.8) is 0 Å². The zero-order valence-corrected chi connectivity index (χ0v) is 11.6. The van der Waals surface area contributed by atoms with E-state index in [1.165, 1.54) is 12.8 Å². The van der Waals surface area contributed by atoms with Crippen LogP contribution in [0.15, 0.2) is 24.5 Å². The number of amides is 1. The van der Waals surface area contributed by atoms with Crippen molar-refractivity contribution in [3.8, 4) is 0 Å². The molecule has 0 radical (unpaired) electrons. The molecule has 4 heteroatoms. The summed E-state index contributed by atoms with van der Waals surface area (Å²) in [7, 11) is 0. The van der Waals surface area contributed by atoms with Gasteiger partial charge in [-0.05, 0) is 50.4 Å². The summed E-state index contributed by atoms with van der Waals surface area (Å²) < 4.78 is 0. The van der Waals surface area contributed by atoms with E-state index in [0.29, 0.717) is 12.5 Å². The Labute approximate surface area is 115 Å². The summed E-state index contributed by atoms with van der Waals surface area (Å²) in [6.07, 6.45) is 8.52. The van der Waals surface area contributed by atoms with E-state index in [2.05, 4.69) is 22.5 Å². The van der Waals surface area contributed by atoms with Gasteiger partial charge in [-0.1, -0.05) is 6.42 Å². The fourth-order valence-corrected chi connectivity index (χ4v) is 2.54. The molecule has 2 N–H and O–H groups in total. The largest absolute Gasteiger partial charge is 0.352 e. The first-order valence-electron chi connectivity index (χ1n) is 7.17. The van der Waals surface area contributed by atoms with Gasteiger partial charge in [-0.25, -0.2) is 0 Å². The minimum atomic E-state index is 0.136. The van der Waals surface area contributed by atoms with Gasteiger partial charge in [0.05, 0.1) is 0 Å². The summed E-state index contributed by atoms with van der Waals surface area (Å²) >= 11 is 0. The van der Waals surface area contributed by atoms with Crippen LogP contribution in [-0.2, 0) is 11.2 Å². The van der Waals surface area contributed by atoms with Crippen molar-refractivity contribution in [2.45, 2.75) is 51.1 Å². The molecule has 0 aliphatic carbocycles. The van der Waals surface area contributed by atoms with E-state index in [1.807, 2.05) is 12.1 Å². The molecule has 0 bridgehead atoms. The lowest BCUT2D eigenvalue weighted by Crippen LogP contribution is -2.50. The summed E-state index contributed by atoms with van der Waals surface area (Å²) in [5.41, 5.74) is 1.16. The average Bonchev–Trinajstić information content (AvgIpc) is 2.47. The number of piperidine rings is 1. The Balaban J connectivity index is 1.71. The summed E-state index contributed by atoms with van der Waals surface area (Å²) in [6, 6.07) is 4.56. The van der Waals surface area contributed by atoms with Crippen LogP contribution in [0.1, 0.15) is 38.2 Å². The molecule has 0 aromatic carbocycles.